The molecular formula is C15H13F3O. The zero-order valence-electron chi connectivity index (χ0n) is 10.2. The Hall–Kier alpha value is -2.41. The van der Waals surface area contributed by atoms with Gasteiger partial charge >= 0.3 is 6.18 Å². The zero-order valence-corrected chi connectivity index (χ0v) is 10.2. The zero-order chi connectivity index (χ0) is 15.1. The number of allylic oxidation sites excluding steroid dienone is 7. The normalized spacial score (nSPS) is 11.1. The summed E-state index contributed by atoms with van der Waals surface area (Å²) < 4.78 is 36.4. The fraction of sp³-hybridized carbons (Fsp3) is 0.0667. The second-order valence-electron chi connectivity index (χ2n) is 3.48. The van der Waals surface area contributed by atoms with E-state index in [1.165, 1.54) is 12.2 Å². The second kappa shape index (κ2) is 7.12. The molecule has 0 aliphatic carbocycles. The van der Waals surface area contributed by atoms with Crippen molar-refractivity contribution in [1.29, 1.82) is 0 Å². The molecule has 100 valence electrons. The number of alkyl halides is 3. The smallest absolute Gasteiger partial charge is 0.415 e. The van der Waals surface area contributed by atoms with Gasteiger partial charge in [0.05, 0.1) is 0 Å². The molecule has 4 heteroatoms. The first-order valence-corrected chi connectivity index (χ1v) is 5.03. The molecule has 0 bridgehead atoms. The van der Waals surface area contributed by atoms with Crippen molar-refractivity contribution >= 4 is 0 Å². The first-order chi connectivity index (χ1) is 8.62. The molecule has 0 saturated heterocycles. The molecule has 0 saturated carbocycles. The molecule has 0 aromatic rings. The van der Waals surface area contributed by atoms with Gasteiger partial charge in [0, 0.05) is 16.7 Å². The minimum absolute atomic E-state index is 0.150. The maximum Gasteiger partial charge on any atom is 0.415 e. The Morgan fingerprint density at radius 3 is 1.63 bits per heavy atom. The van der Waals surface area contributed by atoms with E-state index in [1.807, 2.05) is 0 Å². The molecule has 0 aromatic heterocycles. The van der Waals surface area contributed by atoms with Gasteiger partial charge in [-0.15, -0.1) is 0 Å². The largest absolute Gasteiger partial charge is 0.509 e. The number of aliphatic hydroxyl groups excluding tert-OH is 1. The molecule has 1 N–H and O–H groups in total. The standard InChI is InChI=1S/C15H13F3O/c1-11(7-9-13(3)15(16,17)18)5-6-12(2)8-10-14(4)19/h7-10,19H,1-4H2/b9-7-,10-8-. The highest BCUT2D eigenvalue weighted by atomic mass is 19.4. The van der Waals surface area contributed by atoms with Gasteiger partial charge in [-0.2, -0.15) is 13.2 Å². The van der Waals surface area contributed by atoms with Crippen LogP contribution in [-0.2, 0) is 0 Å². The first kappa shape index (κ1) is 16.6. The van der Waals surface area contributed by atoms with Gasteiger partial charge in [-0.25, -0.2) is 0 Å². The molecule has 0 radical (unpaired) electrons. The van der Waals surface area contributed by atoms with Gasteiger partial charge in [-0.3, -0.25) is 0 Å². The highest BCUT2D eigenvalue weighted by molar-refractivity contribution is 5.46. The van der Waals surface area contributed by atoms with E-state index in [9.17, 15) is 13.2 Å². The van der Waals surface area contributed by atoms with Gasteiger partial charge in [-0.1, -0.05) is 38.2 Å². The van der Waals surface area contributed by atoms with Crippen molar-refractivity contribution in [2.45, 2.75) is 6.18 Å². The van der Waals surface area contributed by atoms with Crippen molar-refractivity contribution in [1.82, 2.24) is 0 Å². The Balaban J connectivity index is 4.58. The molecule has 0 spiro atoms. The predicted molar refractivity (Wildman–Crippen MR) is 71.3 cm³/mol. The fourth-order valence-electron chi connectivity index (χ4n) is 0.736. The molecule has 0 atom stereocenters. The summed E-state index contributed by atoms with van der Waals surface area (Å²) in [5.74, 6) is 4.92. The summed E-state index contributed by atoms with van der Waals surface area (Å²) in [5.41, 5.74) is -0.437. The molecule has 0 heterocycles. The summed E-state index contributed by atoms with van der Waals surface area (Å²) in [6.45, 7) is 13.1. The third kappa shape index (κ3) is 8.33. The van der Waals surface area contributed by atoms with Gasteiger partial charge in [-0.05, 0) is 24.3 Å². The van der Waals surface area contributed by atoms with E-state index in [4.69, 9.17) is 5.11 Å². The quantitative estimate of drug-likeness (QED) is 0.454. The Morgan fingerprint density at radius 2 is 1.26 bits per heavy atom. The molecule has 0 unspecified atom stereocenters. The first-order valence-electron chi connectivity index (χ1n) is 5.03. The van der Waals surface area contributed by atoms with E-state index in [0.717, 1.165) is 12.2 Å². The number of aliphatic hydroxyl groups is 1. The summed E-state index contributed by atoms with van der Waals surface area (Å²) >= 11 is 0. The molecule has 0 amide bonds. The third-order valence-electron chi connectivity index (χ3n) is 1.71. The highest BCUT2D eigenvalue weighted by Gasteiger charge is 2.29. The lowest BCUT2D eigenvalue weighted by Crippen LogP contribution is -2.08. The van der Waals surface area contributed by atoms with Gasteiger partial charge in [0.2, 0.25) is 0 Å². The van der Waals surface area contributed by atoms with E-state index >= 15 is 0 Å². The van der Waals surface area contributed by atoms with Gasteiger partial charge in [0.15, 0.2) is 0 Å². The van der Waals surface area contributed by atoms with Crippen molar-refractivity contribution in [3.63, 3.8) is 0 Å². The second-order valence-corrected chi connectivity index (χ2v) is 3.48. The minimum atomic E-state index is -4.46. The van der Waals surface area contributed by atoms with E-state index in [0.29, 0.717) is 5.57 Å². The number of hydrogen-bond donors (Lipinski definition) is 1. The van der Waals surface area contributed by atoms with Crippen LogP contribution in [0.25, 0.3) is 0 Å². The van der Waals surface area contributed by atoms with Crippen LogP contribution in [0, 0.1) is 11.8 Å². The average molecular weight is 266 g/mol. The number of hydrogen-bond acceptors (Lipinski definition) is 1. The molecule has 1 nitrogen and oxygen atoms in total. The van der Waals surface area contributed by atoms with Crippen LogP contribution >= 0.6 is 0 Å². The molecule has 0 aliphatic rings. The molecule has 19 heavy (non-hydrogen) atoms. The molecular weight excluding hydrogens is 253 g/mol. The molecule has 0 aliphatic heterocycles. The van der Waals surface area contributed by atoms with Crippen LogP contribution in [0.5, 0.6) is 0 Å². The van der Waals surface area contributed by atoms with Crippen LogP contribution in [0.4, 0.5) is 13.2 Å². The van der Waals surface area contributed by atoms with Crippen LogP contribution in [0.1, 0.15) is 0 Å². The summed E-state index contributed by atoms with van der Waals surface area (Å²) in [6, 6.07) is 0. The van der Waals surface area contributed by atoms with E-state index in [2.05, 4.69) is 38.2 Å². The maximum atomic E-state index is 12.1. The van der Waals surface area contributed by atoms with Crippen molar-refractivity contribution in [3.05, 3.63) is 73.1 Å². The monoisotopic (exact) mass is 266 g/mol. The van der Waals surface area contributed by atoms with Gasteiger partial charge in [0.1, 0.15) is 5.76 Å². The Labute approximate surface area is 110 Å². The number of halogens is 3. The lowest BCUT2D eigenvalue weighted by molar-refractivity contribution is -0.0878. The van der Waals surface area contributed by atoms with Crippen LogP contribution in [-0.4, -0.2) is 11.3 Å². The minimum Gasteiger partial charge on any atom is -0.509 e. The predicted octanol–water partition coefficient (Wildman–Crippen LogP) is 4.40. The number of rotatable bonds is 4. The van der Waals surface area contributed by atoms with Crippen molar-refractivity contribution in [2.24, 2.45) is 0 Å². The van der Waals surface area contributed by atoms with Crippen LogP contribution < -0.4 is 0 Å². The summed E-state index contributed by atoms with van der Waals surface area (Å²) in [4.78, 5) is 0. The van der Waals surface area contributed by atoms with E-state index in [-0.39, 0.29) is 11.3 Å². The SMILES string of the molecule is C=C(O)/C=C\C(=C)C#CC(=C)/C=C\C(=C)C(F)(F)F. The topological polar surface area (TPSA) is 20.2 Å². The van der Waals surface area contributed by atoms with Crippen molar-refractivity contribution in [3.8, 4) is 11.8 Å². The Kier molecular flexibility index (Phi) is 6.22. The Morgan fingerprint density at radius 1 is 0.842 bits per heavy atom. The Bertz CT molecular complexity index is 520. The van der Waals surface area contributed by atoms with Crippen molar-refractivity contribution in [2.75, 3.05) is 0 Å². The fourth-order valence-corrected chi connectivity index (χ4v) is 0.736. The van der Waals surface area contributed by atoms with Gasteiger partial charge < -0.3 is 5.11 Å². The van der Waals surface area contributed by atoms with E-state index < -0.39 is 11.7 Å². The molecule has 0 aromatic carbocycles. The summed E-state index contributed by atoms with van der Waals surface area (Å²) in [5, 5.41) is 8.78. The van der Waals surface area contributed by atoms with Gasteiger partial charge in [0.25, 0.3) is 0 Å². The lowest BCUT2D eigenvalue weighted by atomic mass is 10.2. The maximum absolute atomic E-state index is 12.1. The molecule has 0 fully saturated rings. The summed E-state index contributed by atoms with van der Waals surface area (Å²) in [6.07, 6.45) is 0.163. The highest BCUT2D eigenvalue weighted by Crippen LogP contribution is 2.24. The summed E-state index contributed by atoms with van der Waals surface area (Å²) in [7, 11) is 0. The third-order valence-corrected chi connectivity index (χ3v) is 1.71. The average Bonchev–Trinajstić information content (AvgIpc) is 2.29. The van der Waals surface area contributed by atoms with Crippen LogP contribution in [0.2, 0.25) is 0 Å². The molecule has 0 rings (SSSR count). The van der Waals surface area contributed by atoms with Crippen LogP contribution in [0.15, 0.2) is 73.1 Å². The van der Waals surface area contributed by atoms with Crippen molar-refractivity contribution < 1.29 is 18.3 Å². The van der Waals surface area contributed by atoms with Crippen LogP contribution in [0.3, 0.4) is 0 Å². The van der Waals surface area contributed by atoms with E-state index in [1.54, 1.807) is 0 Å². The lowest BCUT2D eigenvalue weighted by Gasteiger charge is -2.03.